The van der Waals surface area contributed by atoms with E-state index < -0.39 is 0 Å². The number of anilines is 1. The first-order valence-electron chi connectivity index (χ1n) is 10.3. The van der Waals surface area contributed by atoms with Crippen LogP contribution in [0.5, 0.6) is 5.75 Å². The molecule has 0 unspecified atom stereocenters. The Morgan fingerprint density at radius 3 is 2.52 bits per heavy atom. The minimum Gasteiger partial charge on any atom is -0.497 e. The van der Waals surface area contributed by atoms with Gasteiger partial charge in [0.1, 0.15) is 16.8 Å². The summed E-state index contributed by atoms with van der Waals surface area (Å²) in [4.78, 5) is 34.1. The number of benzene rings is 3. The molecule has 0 fully saturated rings. The average Bonchev–Trinajstić information content (AvgIpc) is 3.23. The normalized spacial score (nSPS) is 11.1. The smallest absolute Gasteiger partial charge is 0.283 e. The first kappa shape index (κ1) is 20.8. The van der Waals surface area contributed by atoms with Crippen molar-refractivity contribution in [3.8, 4) is 11.4 Å². The Morgan fingerprint density at radius 1 is 1.03 bits per heavy atom. The number of hydrogen-bond acceptors (Lipinski definition) is 5. The van der Waals surface area contributed by atoms with E-state index in [1.54, 1.807) is 35.9 Å². The first-order valence-corrected chi connectivity index (χ1v) is 11.3. The summed E-state index contributed by atoms with van der Waals surface area (Å²) in [5, 5.41) is 4.18. The minimum atomic E-state index is -0.208. The minimum absolute atomic E-state index is 0.0964. The largest absolute Gasteiger partial charge is 0.497 e. The van der Waals surface area contributed by atoms with Crippen molar-refractivity contribution in [3.05, 3.63) is 89.2 Å². The molecular weight excluding hydrogens is 436 g/mol. The number of rotatable bonds is 6. The van der Waals surface area contributed by atoms with Crippen molar-refractivity contribution in [2.45, 2.75) is 5.16 Å². The molecule has 3 aromatic carbocycles. The van der Waals surface area contributed by atoms with Crippen LogP contribution in [-0.2, 0) is 4.79 Å². The van der Waals surface area contributed by atoms with Crippen LogP contribution in [0.1, 0.15) is 0 Å². The molecule has 8 heteroatoms. The summed E-state index contributed by atoms with van der Waals surface area (Å²) in [6, 6.07) is 24.1. The number of thioether (sulfide) groups is 1. The van der Waals surface area contributed by atoms with Gasteiger partial charge in [-0.15, -0.1) is 0 Å². The van der Waals surface area contributed by atoms with E-state index in [4.69, 9.17) is 9.72 Å². The molecule has 2 aromatic heterocycles. The Bertz CT molecular complexity index is 1510. The number of carbonyl (C=O) groups excluding carboxylic acids is 1. The highest BCUT2D eigenvalue weighted by Gasteiger charge is 2.18. The predicted molar refractivity (Wildman–Crippen MR) is 132 cm³/mol. The molecule has 0 saturated carbocycles. The lowest BCUT2D eigenvalue weighted by Gasteiger charge is -2.12. The fourth-order valence-electron chi connectivity index (χ4n) is 3.65. The number of hydrogen-bond donors (Lipinski definition) is 2. The molecule has 7 nitrogen and oxygen atoms in total. The van der Waals surface area contributed by atoms with E-state index in [2.05, 4.69) is 10.3 Å². The van der Waals surface area contributed by atoms with Crippen molar-refractivity contribution >= 4 is 45.3 Å². The highest BCUT2D eigenvalue weighted by atomic mass is 32.2. The van der Waals surface area contributed by atoms with Crippen molar-refractivity contribution < 1.29 is 9.53 Å². The number of aromatic amines is 1. The van der Waals surface area contributed by atoms with Gasteiger partial charge in [-0.2, -0.15) is 0 Å². The summed E-state index contributed by atoms with van der Waals surface area (Å²) in [6.07, 6.45) is 0. The molecule has 164 valence electrons. The second-order valence-electron chi connectivity index (χ2n) is 7.33. The number of methoxy groups -OCH3 is 1. The number of fused-ring (bicyclic) bond motifs is 3. The van der Waals surface area contributed by atoms with Crippen LogP contribution in [0.15, 0.2) is 88.8 Å². The van der Waals surface area contributed by atoms with Gasteiger partial charge in [-0.1, -0.05) is 48.2 Å². The van der Waals surface area contributed by atoms with Gasteiger partial charge in [-0.05, 0) is 42.5 Å². The van der Waals surface area contributed by atoms with E-state index in [-0.39, 0.29) is 17.2 Å². The molecule has 0 atom stereocenters. The van der Waals surface area contributed by atoms with Crippen LogP contribution in [-0.4, -0.2) is 33.3 Å². The Kier molecular flexibility index (Phi) is 5.58. The van der Waals surface area contributed by atoms with Gasteiger partial charge >= 0.3 is 0 Å². The molecule has 0 aliphatic rings. The molecule has 0 aliphatic carbocycles. The fourth-order valence-corrected chi connectivity index (χ4v) is 4.45. The number of ether oxygens (including phenoxy) is 1. The lowest BCUT2D eigenvalue weighted by atomic mass is 10.2. The zero-order valence-electron chi connectivity index (χ0n) is 17.7. The monoisotopic (exact) mass is 456 g/mol. The quantitative estimate of drug-likeness (QED) is 0.288. The Morgan fingerprint density at radius 2 is 1.76 bits per heavy atom. The summed E-state index contributed by atoms with van der Waals surface area (Å²) in [5.74, 6) is 0.614. The molecule has 2 heterocycles. The van der Waals surface area contributed by atoms with Gasteiger partial charge in [0.05, 0.1) is 18.6 Å². The number of nitrogens with one attached hydrogen (secondary N) is 2. The Hall–Kier alpha value is -4.04. The summed E-state index contributed by atoms with van der Waals surface area (Å²) < 4.78 is 6.69. The van der Waals surface area contributed by atoms with Gasteiger partial charge in [0, 0.05) is 16.6 Å². The Labute approximate surface area is 193 Å². The van der Waals surface area contributed by atoms with Crippen molar-refractivity contribution in [2.75, 3.05) is 18.2 Å². The molecule has 5 rings (SSSR count). The van der Waals surface area contributed by atoms with Crippen molar-refractivity contribution in [1.82, 2.24) is 14.5 Å². The molecule has 0 aliphatic heterocycles. The molecule has 2 N–H and O–H groups in total. The third-order valence-corrected chi connectivity index (χ3v) is 6.15. The SMILES string of the molecule is COc1ccc(NC(=O)CSc2nc3c([nH]c4ccccc43)c(=O)n2-c2ccccc2)cc1. The standard InChI is InChI=1S/C25H20N4O3S/c1-32-18-13-11-16(12-14-18)26-21(30)15-33-25-28-22-19-9-5-6-10-20(19)27-23(22)24(31)29(25)17-7-3-2-4-8-17/h2-14,27H,15H2,1H3,(H,26,30). The van der Waals surface area contributed by atoms with E-state index >= 15 is 0 Å². The number of amides is 1. The van der Waals surface area contributed by atoms with E-state index in [0.29, 0.717) is 33.3 Å². The van der Waals surface area contributed by atoms with Gasteiger partial charge in [-0.3, -0.25) is 14.2 Å². The second-order valence-corrected chi connectivity index (χ2v) is 8.27. The van der Waals surface area contributed by atoms with Crippen LogP contribution in [0, 0.1) is 0 Å². The lowest BCUT2D eigenvalue weighted by Crippen LogP contribution is -2.23. The molecule has 5 aromatic rings. The first-order chi connectivity index (χ1) is 16.1. The van der Waals surface area contributed by atoms with Gasteiger partial charge in [0.25, 0.3) is 5.56 Å². The van der Waals surface area contributed by atoms with Crippen LogP contribution >= 0.6 is 11.8 Å². The van der Waals surface area contributed by atoms with Gasteiger partial charge in [-0.25, -0.2) is 4.98 Å². The summed E-state index contributed by atoms with van der Waals surface area (Å²) in [6.45, 7) is 0. The molecule has 33 heavy (non-hydrogen) atoms. The molecular formula is C25H20N4O3S. The maximum Gasteiger partial charge on any atom is 0.283 e. The number of carbonyl (C=O) groups is 1. The maximum absolute atomic E-state index is 13.5. The van der Waals surface area contributed by atoms with Gasteiger partial charge in [0.15, 0.2) is 5.16 Å². The van der Waals surface area contributed by atoms with Crippen LogP contribution in [0.3, 0.4) is 0 Å². The third kappa shape index (κ3) is 4.08. The van der Waals surface area contributed by atoms with E-state index in [9.17, 15) is 9.59 Å². The number of aromatic nitrogens is 3. The number of para-hydroxylation sites is 2. The van der Waals surface area contributed by atoms with Crippen LogP contribution in [0.25, 0.3) is 27.6 Å². The predicted octanol–water partition coefficient (Wildman–Crippen LogP) is 4.61. The Balaban J connectivity index is 1.51. The van der Waals surface area contributed by atoms with Crippen LogP contribution < -0.4 is 15.6 Å². The highest BCUT2D eigenvalue weighted by Crippen LogP contribution is 2.26. The third-order valence-electron chi connectivity index (χ3n) is 5.21. The molecule has 0 spiro atoms. The molecule has 1 amide bonds. The van der Waals surface area contributed by atoms with Crippen LogP contribution in [0.2, 0.25) is 0 Å². The number of nitrogens with zero attached hydrogens (tertiary/aromatic N) is 2. The molecule has 0 radical (unpaired) electrons. The zero-order valence-corrected chi connectivity index (χ0v) is 18.6. The lowest BCUT2D eigenvalue weighted by molar-refractivity contribution is -0.113. The van der Waals surface area contributed by atoms with Gasteiger partial charge in [0.2, 0.25) is 5.91 Å². The van der Waals surface area contributed by atoms with E-state index in [1.165, 1.54) is 11.8 Å². The van der Waals surface area contributed by atoms with E-state index in [0.717, 1.165) is 10.9 Å². The second kappa shape index (κ2) is 8.84. The summed E-state index contributed by atoms with van der Waals surface area (Å²) >= 11 is 1.22. The highest BCUT2D eigenvalue weighted by molar-refractivity contribution is 7.99. The van der Waals surface area contributed by atoms with E-state index in [1.807, 2.05) is 54.6 Å². The summed E-state index contributed by atoms with van der Waals surface area (Å²) in [5.41, 5.74) is 3.03. The van der Waals surface area contributed by atoms with Crippen molar-refractivity contribution in [2.24, 2.45) is 0 Å². The average molecular weight is 457 g/mol. The van der Waals surface area contributed by atoms with Crippen molar-refractivity contribution in [1.29, 1.82) is 0 Å². The zero-order chi connectivity index (χ0) is 22.8. The molecule has 0 saturated heterocycles. The van der Waals surface area contributed by atoms with Gasteiger partial charge < -0.3 is 15.0 Å². The maximum atomic E-state index is 13.5. The summed E-state index contributed by atoms with van der Waals surface area (Å²) in [7, 11) is 1.59. The van der Waals surface area contributed by atoms with Crippen LogP contribution in [0.4, 0.5) is 5.69 Å². The number of H-pyrrole nitrogens is 1. The van der Waals surface area contributed by atoms with Crippen molar-refractivity contribution in [3.63, 3.8) is 0 Å². The topological polar surface area (TPSA) is 89.0 Å². The molecule has 0 bridgehead atoms. The fraction of sp³-hybridized carbons (Fsp3) is 0.0800.